The van der Waals surface area contributed by atoms with Gasteiger partial charge in [0.25, 0.3) is 5.91 Å². The van der Waals surface area contributed by atoms with Crippen molar-refractivity contribution in [1.82, 2.24) is 14.9 Å². The van der Waals surface area contributed by atoms with Crippen LogP contribution in [0.1, 0.15) is 49.5 Å². The minimum absolute atomic E-state index is 0.122. The van der Waals surface area contributed by atoms with E-state index in [1.54, 1.807) is 4.90 Å². The van der Waals surface area contributed by atoms with Crippen LogP contribution in [0.5, 0.6) is 0 Å². The van der Waals surface area contributed by atoms with Gasteiger partial charge >= 0.3 is 0 Å². The Labute approximate surface area is 131 Å². The predicted octanol–water partition coefficient (Wildman–Crippen LogP) is 1.87. The Bertz CT molecular complexity index is 557. The van der Waals surface area contributed by atoms with Crippen LogP contribution >= 0.6 is 0 Å². The van der Waals surface area contributed by atoms with Crippen molar-refractivity contribution in [3.05, 3.63) is 18.1 Å². The van der Waals surface area contributed by atoms with E-state index < -0.39 is 0 Å². The van der Waals surface area contributed by atoms with E-state index in [2.05, 4.69) is 9.97 Å². The zero-order valence-corrected chi connectivity index (χ0v) is 13.3. The molecule has 0 saturated heterocycles. The number of hydrogen-bond acceptors (Lipinski definition) is 5. The number of amides is 1. The summed E-state index contributed by atoms with van der Waals surface area (Å²) in [6.45, 7) is 2.76. The van der Waals surface area contributed by atoms with E-state index in [9.17, 15) is 4.79 Å². The maximum absolute atomic E-state index is 12.7. The zero-order chi connectivity index (χ0) is 15.7. The molecule has 1 aromatic rings. The Balaban J connectivity index is 1.79. The molecular formula is C16H24N4O2. The Morgan fingerprint density at radius 1 is 1.41 bits per heavy atom. The molecule has 0 radical (unpaired) electrons. The third-order valence-corrected chi connectivity index (χ3v) is 5.36. The number of anilines is 1. The topological polar surface area (TPSA) is 81.3 Å². The first-order chi connectivity index (χ1) is 10.6. The highest BCUT2D eigenvalue weighted by molar-refractivity contribution is 5.96. The van der Waals surface area contributed by atoms with Crippen molar-refractivity contribution in [2.75, 3.05) is 19.4 Å². The summed E-state index contributed by atoms with van der Waals surface area (Å²) in [5.41, 5.74) is 6.16. The van der Waals surface area contributed by atoms with Gasteiger partial charge in [-0.1, -0.05) is 12.8 Å². The van der Waals surface area contributed by atoms with Gasteiger partial charge in [-0.2, -0.15) is 0 Å². The Hall–Kier alpha value is -1.69. The van der Waals surface area contributed by atoms with Crippen molar-refractivity contribution in [2.24, 2.45) is 5.41 Å². The van der Waals surface area contributed by atoms with Gasteiger partial charge in [0.05, 0.1) is 6.10 Å². The number of aromatic nitrogens is 2. The third kappa shape index (κ3) is 2.26. The SMILES string of the molecule is CCO[C@@H]1C[C@H](N(C)C(=O)c2nccnc2N)C12CCCC2. The number of carbonyl (C=O) groups is 1. The number of carbonyl (C=O) groups excluding carboxylic acids is 1. The molecule has 1 aromatic heterocycles. The minimum Gasteiger partial charge on any atom is -0.382 e. The molecule has 2 atom stereocenters. The second-order valence-electron chi connectivity index (χ2n) is 6.34. The van der Waals surface area contributed by atoms with Crippen LogP contribution in [0.25, 0.3) is 0 Å². The lowest BCUT2D eigenvalue weighted by molar-refractivity contribution is -0.152. The Morgan fingerprint density at radius 2 is 2.09 bits per heavy atom. The van der Waals surface area contributed by atoms with Gasteiger partial charge in [0.1, 0.15) is 0 Å². The van der Waals surface area contributed by atoms with Crippen LogP contribution in [0, 0.1) is 5.41 Å². The highest BCUT2D eigenvalue weighted by Crippen LogP contribution is 2.56. The summed E-state index contributed by atoms with van der Waals surface area (Å²) < 4.78 is 5.91. The molecule has 2 N–H and O–H groups in total. The number of nitrogens with zero attached hydrogens (tertiary/aromatic N) is 3. The summed E-state index contributed by atoms with van der Waals surface area (Å²) in [7, 11) is 1.85. The maximum Gasteiger partial charge on any atom is 0.276 e. The molecule has 0 aromatic carbocycles. The molecule has 3 rings (SSSR count). The summed E-state index contributed by atoms with van der Waals surface area (Å²) in [5, 5.41) is 0. The number of hydrogen-bond donors (Lipinski definition) is 1. The molecule has 2 aliphatic carbocycles. The van der Waals surface area contributed by atoms with Crippen molar-refractivity contribution in [1.29, 1.82) is 0 Å². The molecule has 6 heteroatoms. The lowest BCUT2D eigenvalue weighted by atomic mass is 9.60. The van der Waals surface area contributed by atoms with Crippen molar-refractivity contribution in [3.8, 4) is 0 Å². The summed E-state index contributed by atoms with van der Waals surface area (Å²) in [4.78, 5) is 22.6. The van der Waals surface area contributed by atoms with Crippen LogP contribution in [0.4, 0.5) is 5.82 Å². The summed E-state index contributed by atoms with van der Waals surface area (Å²) in [6.07, 6.45) is 8.89. The van der Waals surface area contributed by atoms with Crippen molar-refractivity contribution >= 4 is 11.7 Å². The van der Waals surface area contributed by atoms with Gasteiger partial charge in [0.15, 0.2) is 11.5 Å². The first-order valence-electron chi connectivity index (χ1n) is 8.05. The third-order valence-electron chi connectivity index (χ3n) is 5.36. The van der Waals surface area contributed by atoms with Crippen LogP contribution in [0.3, 0.4) is 0 Å². The Morgan fingerprint density at radius 3 is 2.73 bits per heavy atom. The van der Waals surface area contributed by atoms with E-state index in [0.717, 1.165) is 25.9 Å². The first-order valence-corrected chi connectivity index (χ1v) is 8.05. The molecule has 22 heavy (non-hydrogen) atoms. The molecule has 2 fully saturated rings. The molecule has 1 spiro atoms. The van der Waals surface area contributed by atoms with Gasteiger partial charge in [-0.05, 0) is 26.2 Å². The second kappa shape index (κ2) is 5.83. The van der Waals surface area contributed by atoms with Crippen molar-refractivity contribution < 1.29 is 9.53 Å². The fourth-order valence-electron chi connectivity index (χ4n) is 4.22. The van der Waals surface area contributed by atoms with E-state index >= 15 is 0 Å². The second-order valence-corrected chi connectivity index (χ2v) is 6.34. The van der Waals surface area contributed by atoms with E-state index in [0.29, 0.717) is 0 Å². The molecule has 1 amide bonds. The van der Waals surface area contributed by atoms with E-state index in [1.807, 2.05) is 14.0 Å². The Kier molecular flexibility index (Phi) is 4.04. The molecule has 2 aliphatic rings. The van der Waals surface area contributed by atoms with E-state index in [1.165, 1.54) is 25.2 Å². The monoisotopic (exact) mass is 304 g/mol. The van der Waals surface area contributed by atoms with Gasteiger partial charge in [0.2, 0.25) is 0 Å². The van der Waals surface area contributed by atoms with E-state index in [-0.39, 0.29) is 35.0 Å². The highest BCUT2D eigenvalue weighted by atomic mass is 16.5. The molecule has 0 unspecified atom stereocenters. The van der Waals surface area contributed by atoms with Gasteiger partial charge < -0.3 is 15.4 Å². The smallest absolute Gasteiger partial charge is 0.276 e. The standard InChI is InChI=1S/C16H24N4O2/c1-3-22-12-10-11(16(12)6-4-5-7-16)20(2)15(21)13-14(17)19-9-8-18-13/h8-9,11-12H,3-7,10H2,1-2H3,(H2,17,19)/t11-,12+/m0/s1. The number of ether oxygens (including phenoxy) is 1. The zero-order valence-electron chi connectivity index (χ0n) is 13.3. The number of nitrogen functional groups attached to an aromatic ring is 1. The maximum atomic E-state index is 12.7. The fraction of sp³-hybridized carbons (Fsp3) is 0.688. The van der Waals surface area contributed by atoms with Crippen LogP contribution in [0.2, 0.25) is 0 Å². The van der Waals surface area contributed by atoms with Crippen LogP contribution in [-0.2, 0) is 4.74 Å². The lowest BCUT2D eigenvalue weighted by Crippen LogP contribution is -2.64. The van der Waals surface area contributed by atoms with E-state index in [4.69, 9.17) is 10.5 Å². The largest absolute Gasteiger partial charge is 0.382 e. The molecular weight excluding hydrogens is 280 g/mol. The van der Waals surface area contributed by atoms with Crippen molar-refractivity contribution in [3.63, 3.8) is 0 Å². The molecule has 6 nitrogen and oxygen atoms in total. The molecule has 0 aliphatic heterocycles. The van der Waals surface area contributed by atoms with Crippen LogP contribution in [0.15, 0.2) is 12.4 Å². The summed E-state index contributed by atoms with van der Waals surface area (Å²) in [5.74, 6) is 0.0531. The minimum atomic E-state index is -0.142. The van der Waals surface area contributed by atoms with Gasteiger partial charge in [-0.3, -0.25) is 4.79 Å². The normalized spacial score (nSPS) is 25.9. The predicted molar refractivity (Wildman–Crippen MR) is 83.3 cm³/mol. The fourth-order valence-corrected chi connectivity index (χ4v) is 4.22. The molecule has 1 heterocycles. The van der Waals surface area contributed by atoms with Gasteiger partial charge in [-0.25, -0.2) is 9.97 Å². The summed E-state index contributed by atoms with van der Waals surface area (Å²) >= 11 is 0. The molecule has 0 bridgehead atoms. The average Bonchev–Trinajstić information content (AvgIpc) is 3.03. The number of nitrogens with two attached hydrogens (primary N) is 1. The van der Waals surface area contributed by atoms with Crippen molar-refractivity contribution in [2.45, 2.75) is 51.2 Å². The lowest BCUT2D eigenvalue weighted by Gasteiger charge is -2.56. The quantitative estimate of drug-likeness (QED) is 0.918. The van der Waals surface area contributed by atoms with Gasteiger partial charge in [-0.15, -0.1) is 0 Å². The van der Waals surface area contributed by atoms with Gasteiger partial charge in [0, 0.05) is 37.5 Å². The average molecular weight is 304 g/mol. The first kappa shape index (κ1) is 15.2. The molecule has 2 saturated carbocycles. The van der Waals surface area contributed by atoms with Crippen LogP contribution in [-0.4, -0.2) is 46.6 Å². The van der Waals surface area contributed by atoms with Crippen LogP contribution < -0.4 is 5.73 Å². The number of rotatable bonds is 4. The molecule has 120 valence electrons. The summed E-state index contributed by atoms with van der Waals surface area (Å²) in [6, 6.07) is 0.209. The highest BCUT2D eigenvalue weighted by Gasteiger charge is 2.59.